The van der Waals surface area contributed by atoms with E-state index in [2.05, 4.69) is 15.5 Å². The van der Waals surface area contributed by atoms with E-state index in [9.17, 15) is 18.0 Å². The highest BCUT2D eigenvalue weighted by molar-refractivity contribution is 8.00. The molecule has 1 aromatic heterocycles. The number of anilines is 1. The minimum atomic E-state index is -4.62. The first-order valence-electron chi connectivity index (χ1n) is 9.52. The first-order chi connectivity index (χ1) is 14.7. The van der Waals surface area contributed by atoms with E-state index >= 15 is 0 Å². The van der Waals surface area contributed by atoms with E-state index in [4.69, 9.17) is 11.6 Å². The number of alkyl halides is 3. The number of amides is 1. The molecule has 10 heteroatoms. The monoisotopic (exact) mass is 466 g/mol. The summed E-state index contributed by atoms with van der Waals surface area (Å²) in [5, 5.41) is 10.5. The zero-order chi connectivity index (χ0) is 22.2. The average molecular weight is 467 g/mol. The molecule has 3 aromatic rings. The van der Waals surface area contributed by atoms with Gasteiger partial charge in [0.25, 0.3) is 0 Å². The second kappa shape index (κ2) is 8.55. The Morgan fingerprint density at radius 1 is 1.19 bits per heavy atom. The Morgan fingerprint density at radius 3 is 2.55 bits per heavy atom. The van der Waals surface area contributed by atoms with Gasteiger partial charge in [-0.25, -0.2) is 0 Å². The molecule has 1 saturated carbocycles. The summed E-state index contributed by atoms with van der Waals surface area (Å²) in [6, 6.07) is 12.3. The smallest absolute Gasteiger partial charge is 0.325 e. The summed E-state index contributed by atoms with van der Waals surface area (Å²) in [5.74, 6) is 0.801. The number of halogens is 4. The predicted octanol–water partition coefficient (Wildman–Crippen LogP) is 5.84. The van der Waals surface area contributed by atoms with Crippen LogP contribution in [-0.4, -0.2) is 20.7 Å². The average Bonchev–Trinajstić information content (AvgIpc) is 3.50. The van der Waals surface area contributed by atoms with E-state index in [0.717, 1.165) is 30.8 Å². The van der Waals surface area contributed by atoms with E-state index in [1.807, 2.05) is 17.7 Å². The van der Waals surface area contributed by atoms with Crippen molar-refractivity contribution in [3.63, 3.8) is 0 Å². The fraction of sp³-hybridized carbons (Fsp3) is 0.286. The number of carbonyl (C=O) groups excluding carboxylic acids is 1. The van der Waals surface area contributed by atoms with Crippen molar-refractivity contribution in [3.05, 3.63) is 70.5 Å². The lowest BCUT2D eigenvalue weighted by atomic mass is 10.1. The Hall–Kier alpha value is -2.52. The number of hydrogen-bond acceptors (Lipinski definition) is 4. The zero-order valence-corrected chi connectivity index (χ0v) is 17.9. The maximum Gasteiger partial charge on any atom is 0.417 e. The van der Waals surface area contributed by atoms with Gasteiger partial charge in [-0.2, -0.15) is 13.2 Å². The van der Waals surface area contributed by atoms with Crippen LogP contribution in [0, 0.1) is 0 Å². The number of nitrogens with zero attached hydrogens (tertiary/aromatic N) is 3. The van der Waals surface area contributed by atoms with Crippen molar-refractivity contribution in [3.8, 4) is 0 Å². The SMILES string of the molecule is Cn1c(SC(C(=O)Nc2ccc(Cl)c(C(F)(F)F)c2)c2ccccc2)nnc1C1CC1. The van der Waals surface area contributed by atoms with Crippen LogP contribution in [0.25, 0.3) is 0 Å². The van der Waals surface area contributed by atoms with Crippen molar-refractivity contribution < 1.29 is 18.0 Å². The molecule has 0 saturated heterocycles. The zero-order valence-electron chi connectivity index (χ0n) is 16.4. The summed E-state index contributed by atoms with van der Waals surface area (Å²) in [7, 11) is 1.85. The third-order valence-electron chi connectivity index (χ3n) is 4.91. The largest absolute Gasteiger partial charge is 0.417 e. The summed E-state index contributed by atoms with van der Waals surface area (Å²) in [4.78, 5) is 13.1. The topological polar surface area (TPSA) is 59.8 Å². The Bertz CT molecular complexity index is 1100. The highest BCUT2D eigenvalue weighted by Gasteiger charge is 2.34. The van der Waals surface area contributed by atoms with Gasteiger partial charge in [0, 0.05) is 18.7 Å². The first-order valence-corrected chi connectivity index (χ1v) is 10.8. The maximum absolute atomic E-state index is 13.2. The summed E-state index contributed by atoms with van der Waals surface area (Å²) in [5.41, 5.74) is -0.288. The van der Waals surface area contributed by atoms with Crippen LogP contribution in [0.2, 0.25) is 5.02 Å². The minimum Gasteiger partial charge on any atom is -0.325 e. The molecule has 0 aliphatic heterocycles. The second-order valence-corrected chi connectivity index (χ2v) is 8.74. The Morgan fingerprint density at radius 2 is 1.90 bits per heavy atom. The number of nitrogens with one attached hydrogen (secondary N) is 1. The van der Waals surface area contributed by atoms with Crippen molar-refractivity contribution >= 4 is 35.0 Å². The van der Waals surface area contributed by atoms with Gasteiger partial charge < -0.3 is 9.88 Å². The summed E-state index contributed by atoms with van der Waals surface area (Å²) >= 11 is 6.88. The summed E-state index contributed by atoms with van der Waals surface area (Å²) < 4.78 is 41.4. The predicted molar refractivity (Wildman–Crippen MR) is 113 cm³/mol. The minimum absolute atomic E-state index is 0.0138. The second-order valence-electron chi connectivity index (χ2n) is 7.26. The molecule has 162 valence electrons. The van der Waals surface area contributed by atoms with Crippen molar-refractivity contribution in [1.29, 1.82) is 0 Å². The van der Waals surface area contributed by atoms with Gasteiger partial charge in [-0.1, -0.05) is 53.7 Å². The number of carbonyl (C=O) groups is 1. The molecular weight excluding hydrogens is 449 g/mol. The van der Waals surface area contributed by atoms with Gasteiger partial charge >= 0.3 is 6.18 Å². The molecule has 1 amide bonds. The lowest BCUT2D eigenvalue weighted by Crippen LogP contribution is -2.20. The summed E-state index contributed by atoms with van der Waals surface area (Å²) in [6.45, 7) is 0. The molecule has 0 spiro atoms. The third-order valence-corrected chi connectivity index (χ3v) is 6.53. The maximum atomic E-state index is 13.2. The molecule has 1 aliphatic rings. The van der Waals surface area contributed by atoms with Crippen LogP contribution in [0.5, 0.6) is 0 Å². The lowest BCUT2D eigenvalue weighted by Gasteiger charge is -2.17. The van der Waals surface area contributed by atoms with Crippen LogP contribution >= 0.6 is 23.4 Å². The molecular formula is C21H18ClF3N4OS. The van der Waals surface area contributed by atoms with E-state index in [1.54, 1.807) is 24.3 Å². The Kier molecular flexibility index (Phi) is 5.98. The molecule has 1 N–H and O–H groups in total. The fourth-order valence-corrected chi connectivity index (χ4v) is 4.39. The highest BCUT2D eigenvalue weighted by atomic mass is 35.5. The molecule has 1 heterocycles. The number of aromatic nitrogens is 3. The van der Waals surface area contributed by atoms with Crippen LogP contribution in [0.15, 0.2) is 53.7 Å². The van der Waals surface area contributed by atoms with E-state index in [0.29, 0.717) is 16.6 Å². The Balaban J connectivity index is 1.61. The standard InChI is InChI=1S/C21H18ClF3N4OS/c1-29-18(13-7-8-13)27-28-20(29)31-17(12-5-3-2-4-6-12)19(30)26-14-9-10-16(22)15(11-14)21(23,24)25/h2-6,9-11,13,17H,7-8H2,1H3,(H,26,30). The number of rotatable bonds is 6. The highest BCUT2D eigenvalue weighted by Crippen LogP contribution is 2.42. The van der Waals surface area contributed by atoms with Crippen molar-refractivity contribution in [2.45, 2.75) is 35.3 Å². The quantitative estimate of drug-likeness (QED) is 0.464. The van der Waals surface area contributed by atoms with Gasteiger partial charge in [-0.15, -0.1) is 10.2 Å². The molecule has 1 atom stereocenters. The molecule has 1 fully saturated rings. The molecule has 31 heavy (non-hydrogen) atoms. The fourth-order valence-electron chi connectivity index (χ4n) is 3.16. The molecule has 5 nitrogen and oxygen atoms in total. The van der Waals surface area contributed by atoms with E-state index in [-0.39, 0.29) is 5.69 Å². The summed E-state index contributed by atoms with van der Waals surface area (Å²) in [6.07, 6.45) is -2.49. The van der Waals surface area contributed by atoms with Crippen LogP contribution < -0.4 is 5.32 Å². The molecule has 4 rings (SSSR count). The molecule has 0 radical (unpaired) electrons. The van der Waals surface area contributed by atoms with Gasteiger partial charge in [-0.3, -0.25) is 4.79 Å². The van der Waals surface area contributed by atoms with Crippen LogP contribution in [0.4, 0.5) is 18.9 Å². The number of thioether (sulfide) groups is 1. The van der Waals surface area contributed by atoms with E-state index in [1.165, 1.54) is 17.8 Å². The van der Waals surface area contributed by atoms with Gasteiger partial charge in [0.2, 0.25) is 5.91 Å². The van der Waals surface area contributed by atoms with Crippen LogP contribution in [-0.2, 0) is 18.0 Å². The molecule has 1 unspecified atom stereocenters. The van der Waals surface area contributed by atoms with Crippen LogP contribution in [0.3, 0.4) is 0 Å². The van der Waals surface area contributed by atoms with Gasteiger partial charge in [0.05, 0.1) is 10.6 Å². The lowest BCUT2D eigenvalue weighted by molar-refractivity contribution is -0.137. The first kappa shape index (κ1) is 21.7. The normalized spacial score (nSPS) is 15.0. The van der Waals surface area contributed by atoms with Gasteiger partial charge in [0.1, 0.15) is 11.1 Å². The number of hydrogen-bond donors (Lipinski definition) is 1. The molecule has 2 aromatic carbocycles. The van der Waals surface area contributed by atoms with Gasteiger partial charge in [-0.05, 0) is 36.6 Å². The van der Waals surface area contributed by atoms with E-state index < -0.39 is 27.9 Å². The molecule has 0 bridgehead atoms. The van der Waals surface area contributed by atoms with Crippen molar-refractivity contribution in [2.24, 2.45) is 7.05 Å². The van der Waals surface area contributed by atoms with Crippen LogP contribution in [0.1, 0.15) is 41.0 Å². The van der Waals surface area contributed by atoms with Crippen molar-refractivity contribution in [2.75, 3.05) is 5.32 Å². The van der Waals surface area contributed by atoms with Gasteiger partial charge in [0.15, 0.2) is 5.16 Å². The van der Waals surface area contributed by atoms with Crippen molar-refractivity contribution in [1.82, 2.24) is 14.8 Å². The Labute approximate surface area is 186 Å². The third kappa shape index (κ3) is 4.88. The number of benzene rings is 2. The molecule has 1 aliphatic carbocycles.